The number of benzene rings is 2. The predicted molar refractivity (Wildman–Crippen MR) is 102 cm³/mol. The minimum absolute atomic E-state index is 0.183. The lowest BCUT2D eigenvalue weighted by Crippen LogP contribution is -2.42. The SMILES string of the molecule is CC(OC(=O)C1CC(=O)Nc2cc(F)ccc21)C(=O)NC(=O)Nc1ccccc1. The first-order chi connectivity index (χ1) is 13.8. The van der Waals surface area contributed by atoms with Crippen LogP contribution in [0.4, 0.5) is 20.6 Å². The number of ether oxygens (including phenoxy) is 1. The van der Waals surface area contributed by atoms with Gasteiger partial charge in [0.25, 0.3) is 5.91 Å². The molecule has 1 aliphatic rings. The number of carbonyl (C=O) groups is 4. The Morgan fingerprint density at radius 3 is 2.62 bits per heavy atom. The van der Waals surface area contributed by atoms with Gasteiger partial charge in [0.1, 0.15) is 5.82 Å². The average molecular weight is 399 g/mol. The van der Waals surface area contributed by atoms with E-state index in [0.29, 0.717) is 11.3 Å². The molecule has 2 aromatic carbocycles. The third kappa shape index (κ3) is 4.95. The minimum Gasteiger partial charge on any atom is -0.452 e. The van der Waals surface area contributed by atoms with Crippen LogP contribution >= 0.6 is 0 Å². The number of imide groups is 1. The van der Waals surface area contributed by atoms with E-state index in [1.54, 1.807) is 30.3 Å². The topological polar surface area (TPSA) is 114 Å². The molecule has 0 radical (unpaired) electrons. The summed E-state index contributed by atoms with van der Waals surface area (Å²) in [7, 11) is 0. The largest absolute Gasteiger partial charge is 0.452 e. The van der Waals surface area contributed by atoms with Crippen molar-refractivity contribution in [3.05, 3.63) is 59.9 Å². The van der Waals surface area contributed by atoms with E-state index in [-0.39, 0.29) is 12.1 Å². The van der Waals surface area contributed by atoms with Gasteiger partial charge >= 0.3 is 12.0 Å². The first kappa shape index (κ1) is 20.0. The highest BCUT2D eigenvalue weighted by molar-refractivity contribution is 6.03. The lowest BCUT2D eigenvalue weighted by molar-refractivity contribution is -0.156. The van der Waals surface area contributed by atoms with Crippen molar-refractivity contribution in [1.29, 1.82) is 0 Å². The van der Waals surface area contributed by atoms with Gasteiger partial charge in [0.05, 0.1) is 5.92 Å². The Balaban J connectivity index is 1.61. The Kier molecular flexibility index (Phi) is 5.87. The van der Waals surface area contributed by atoms with Gasteiger partial charge in [-0.1, -0.05) is 24.3 Å². The Bertz CT molecular complexity index is 964. The minimum atomic E-state index is -1.28. The van der Waals surface area contributed by atoms with Gasteiger partial charge in [-0.05, 0) is 36.8 Å². The van der Waals surface area contributed by atoms with Crippen LogP contribution < -0.4 is 16.0 Å². The number of carbonyl (C=O) groups excluding carboxylic acids is 4. The Morgan fingerprint density at radius 2 is 1.90 bits per heavy atom. The number of hydrogen-bond donors (Lipinski definition) is 3. The fourth-order valence-corrected chi connectivity index (χ4v) is 2.85. The monoisotopic (exact) mass is 399 g/mol. The fraction of sp³-hybridized carbons (Fsp3) is 0.200. The number of halogens is 1. The van der Waals surface area contributed by atoms with Crippen LogP contribution in [-0.4, -0.2) is 29.9 Å². The summed E-state index contributed by atoms with van der Waals surface area (Å²) >= 11 is 0. The van der Waals surface area contributed by atoms with Crippen LogP contribution in [0.15, 0.2) is 48.5 Å². The molecule has 0 aliphatic carbocycles. The van der Waals surface area contributed by atoms with Crippen molar-refractivity contribution >= 4 is 35.2 Å². The van der Waals surface area contributed by atoms with Crippen LogP contribution in [0.3, 0.4) is 0 Å². The zero-order valence-corrected chi connectivity index (χ0v) is 15.4. The van der Waals surface area contributed by atoms with E-state index in [1.165, 1.54) is 19.1 Å². The number of esters is 1. The molecule has 9 heteroatoms. The van der Waals surface area contributed by atoms with Gasteiger partial charge in [0.2, 0.25) is 5.91 Å². The molecule has 0 saturated carbocycles. The summed E-state index contributed by atoms with van der Waals surface area (Å²) in [4.78, 5) is 48.3. The predicted octanol–water partition coefficient (Wildman–Crippen LogP) is 2.53. The van der Waals surface area contributed by atoms with Crippen molar-refractivity contribution in [3.63, 3.8) is 0 Å². The zero-order valence-electron chi connectivity index (χ0n) is 15.4. The summed E-state index contributed by atoms with van der Waals surface area (Å²) in [6, 6.07) is 11.4. The van der Waals surface area contributed by atoms with E-state index in [2.05, 4.69) is 16.0 Å². The van der Waals surface area contributed by atoms with E-state index in [9.17, 15) is 23.6 Å². The highest BCUT2D eigenvalue weighted by Crippen LogP contribution is 2.33. The standard InChI is InChI=1S/C20H18FN3O5/c1-11(18(26)24-20(28)22-13-5-3-2-4-6-13)29-19(27)15-10-17(25)23-16-9-12(21)7-8-14(15)16/h2-9,11,15H,10H2,1H3,(H,23,25)(H2,22,24,26,28). The molecule has 2 aromatic rings. The Labute approximate surface area is 165 Å². The van der Waals surface area contributed by atoms with Crippen molar-refractivity contribution in [3.8, 4) is 0 Å². The number of hydrogen-bond acceptors (Lipinski definition) is 5. The van der Waals surface area contributed by atoms with Gasteiger partial charge in [0, 0.05) is 17.8 Å². The first-order valence-electron chi connectivity index (χ1n) is 8.80. The van der Waals surface area contributed by atoms with Gasteiger partial charge in [-0.3, -0.25) is 19.7 Å². The third-order valence-corrected chi connectivity index (χ3v) is 4.27. The molecule has 1 heterocycles. The van der Waals surface area contributed by atoms with Crippen LogP contribution in [0.2, 0.25) is 0 Å². The van der Waals surface area contributed by atoms with Crippen LogP contribution in [0.5, 0.6) is 0 Å². The van der Waals surface area contributed by atoms with Gasteiger partial charge in [0.15, 0.2) is 6.10 Å². The summed E-state index contributed by atoms with van der Waals surface area (Å²) in [6.07, 6.45) is -1.47. The normalized spacial score (nSPS) is 16.1. The maximum absolute atomic E-state index is 13.4. The van der Waals surface area contributed by atoms with Crippen LogP contribution in [-0.2, 0) is 19.1 Å². The summed E-state index contributed by atoms with van der Waals surface area (Å²) in [5.41, 5.74) is 1.06. The smallest absolute Gasteiger partial charge is 0.325 e. The maximum Gasteiger partial charge on any atom is 0.325 e. The molecule has 0 aromatic heterocycles. The molecular formula is C20H18FN3O5. The Hall–Kier alpha value is -3.75. The molecule has 3 N–H and O–H groups in total. The molecule has 2 unspecified atom stereocenters. The molecule has 1 aliphatic heterocycles. The second-order valence-electron chi connectivity index (χ2n) is 6.42. The van der Waals surface area contributed by atoms with Gasteiger partial charge < -0.3 is 15.4 Å². The lowest BCUT2D eigenvalue weighted by atomic mass is 9.90. The van der Waals surface area contributed by atoms with Crippen LogP contribution in [0.25, 0.3) is 0 Å². The lowest BCUT2D eigenvalue weighted by Gasteiger charge is -2.25. The number of anilines is 2. The summed E-state index contributed by atoms with van der Waals surface area (Å²) in [5, 5.41) is 7.04. The second kappa shape index (κ2) is 8.51. The number of fused-ring (bicyclic) bond motifs is 1. The van der Waals surface area contributed by atoms with Crippen molar-refractivity contribution in [1.82, 2.24) is 5.32 Å². The third-order valence-electron chi connectivity index (χ3n) is 4.27. The average Bonchev–Trinajstić information content (AvgIpc) is 2.67. The summed E-state index contributed by atoms with van der Waals surface area (Å²) in [6.45, 7) is 1.30. The van der Waals surface area contributed by atoms with Gasteiger partial charge in [-0.15, -0.1) is 0 Å². The number of urea groups is 1. The van der Waals surface area contributed by atoms with Crippen LogP contribution in [0.1, 0.15) is 24.8 Å². The molecule has 0 bridgehead atoms. The number of rotatable bonds is 4. The van der Waals surface area contributed by atoms with Gasteiger partial charge in [-0.25, -0.2) is 9.18 Å². The van der Waals surface area contributed by atoms with E-state index in [1.807, 2.05) is 0 Å². The molecular weight excluding hydrogens is 381 g/mol. The van der Waals surface area contributed by atoms with Crippen LogP contribution in [0, 0.1) is 5.82 Å². The van der Waals surface area contributed by atoms with Crippen molar-refractivity contribution in [2.75, 3.05) is 10.6 Å². The zero-order chi connectivity index (χ0) is 21.0. The summed E-state index contributed by atoms with van der Waals surface area (Å²) < 4.78 is 18.5. The molecule has 0 fully saturated rings. The molecule has 150 valence electrons. The molecule has 0 saturated heterocycles. The fourth-order valence-electron chi connectivity index (χ4n) is 2.85. The Morgan fingerprint density at radius 1 is 1.17 bits per heavy atom. The second-order valence-corrected chi connectivity index (χ2v) is 6.42. The molecule has 2 atom stereocenters. The molecule has 29 heavy (non-hydrogen) atoms. The summed E-state index contributed by atoms with van der Waals surface area (Å²) in [5.74, 6) is -3.66. The molecule has 0 spiro atoms. The van der Waals surface area contributed by atoms with Crippen molar-refractivity contribution in [2.45, 2.75) is 25.4 Å². The van der Waals surface area contributed by atoms with Gasteiger partial charge in [-0.2, -0.15) is 0 Å². The quantitative estimate of drug-likeness (QED) is 0.684. The molecule has 3 rings (SSSR count). The molecule has 8 nitrogen and oxygen atoms in total. The van der Waals surface area contributed by atoms with E-state index in [4.69, 9.17) is 4.74 Å². The van der Waals surface area contributed by atoms with E-state index < -0.39 is 41.7 Å². The molecule has 4 amide bonds. The van der Waals surface area contributed by atoms with E-state index >= 15 is 0 Å². The highest BCUT2D eigenvalue weighted by atomic mass is 19.1. The van der Waals surface area contributed by atoms with E-state index in [0.717, 1.165) is 6.07 Å². The number of nitrogens with one attached hydrogen (secondary N) is 3. The number of amides is 4. The number of para-hydroxylation sites is 1. The maximum atomic E-state index is 13.4. The first-order valence-corrected chi connectivity index (χ1v) is 8.80. The van der Waals surface area contributed by atoms with Crippen molar-refractivity contribution in [2.24, 2.45) is 0 Å². The van der Waals surface area contributed by atoms with Crippen molar-refractivity contribution < 1.29 is 28.3 Å². The highest BCUT2D eigenvalue weighted by Gasteiger charge is 2.34.